The minimum absolute atomic E-state index is 0. The zero-order chi connectivity index (χ0) is 21.6. The molecule has 0 amide bonds. The summed E-state index contributed by atoms with van der Waals surface area (Å²) in [4.78, 5) is 58.2. The van der Waals surface area contributed by atoms with Crippen LogP contribution in [0.2, 0.25) is 0 Å². The average Bonchev–Trinajstić information content (AvgIpc) is 1.82. The van der Waals surface area contributed by atoms with E-state index in [2.05, 4.69) is 0 Å². The van der Waals surface area contributed by atoms with Crippen molar-refractivity contribution in [2.45, 2.75) is 0 Å². The van der Waals surface area contributed by atoms with Crippen LogP contribution >= 0.6 is 15.6 Å². The maximum Gasteiger partial charge on any atom is 1.00 e. The molecule has 0 bridgehead atoms. The largest absolute Gasteiger partial charge is 1.00 e. The van der Waals surface area contributed by atoms with Gasteiger partial charge in [0.25, 0.3) is 0 Å². The molecule has 0 aliphatic heterocycles. The normalized spacial score (nSPS) is 8.06. The van der Waals surface area contributed by atoms with E-state index in [9.17, 15) is 0 Å². The Hall–Kier alpha value is 10.9. The van der Waals surface area contributed by atoms with Crippen LogP contribution in [-0.2, 0) is 29.9 Å². The van der Waals surface area contributed by atoms with Crippen molar-refractivity contribution < 1.29 is 451 Å². The summed E-state index contributed by atoms with van der Waals surface area (Å²) in [7, 11) is -19.9. The fourth-order valence-corrected chi connectivity index (χ4v) is 0. The van der Waals surface area contributed by atoms with E-state index in [-0.39, 0.29) is 372 Å². The van der Waals surface area contributed by atoms with Crippen LogP contribution in [0.15, 0.2) is 0 Å². The summed E-state index contributed by atoms with van der Waals surface area (Å²) in [5.74, 6) is 0. The second-order valence-electron chi connectivity index (χ2n) is 2.04. The van der Waals surface area contributed by atoms with Gasteiger partial charge in [-0.1, -0.05) is 0 Å². The summed E-state index contributed by atoms with van der Waals surface area (Å²) < 4.78 is 80.4. The van der Waals surface area contributed by atoms with Gasteiger partial charge in [-0.3, -0.25) is 18.2 Å². The Morgan fingerprint density at radius 2 is 0.594 bits per heavy atom. The molecule has 0 atom stereocenters. The quantitative estimate of drug-likeness (QED) is 0.0503. The van der Waals surface area contributed by atoms with Crippen molar-refractivity contribution in [1.82, 2.24) is 0 Å². The van der Waals surface area contributed by atoms with Crippen molar-refractivity contribution in [1.29, 1.82) is 0 Å². The molecule has 0 fully saturated rings. The van der Waals surface area contributed by atoms with Crippen molar-refractivity contribution in [3.05, 3.63) is 15.3 Å². The summed E-state index contributed by atoms with van der Waals surface area (Å²) in [6.07, 6.45) is 0. The van der Waals surface area contributed by atoms with Gasteiger partial charge in [0.2, 0.25) is 0 Å². The van der Waals surface area contributed by atoms with Crippen molar-refractivity contribution in [2.24, 2.45) is 0 Å². The average molecular weight is 758 g/mol. The topological polar surface area (TPSA) is 385 Å². The van der Waals surface area contributed by atoms with Crippen LogP contribution in [0.1, 0.15) is 0 Å². The van der Waals surface area contributed by atoms with Crippen LogP contribution in [-0.4, -0.2) is 45.0 Å². The molecule has 160 valence electrons. The minimum atomic E-state index is -5.39. The molecule has 32 heteroatoms. The third-order valence-electron chi connectivity index (χ3n) is 0. The van der Waals surface area contributed by atoms with Crippen molar-refractivity contribution in [3.8, 4) is 0 Å². The maximum absolute atomic E-state index is 8.74. The van der Waals surface area contributed by atoms with E-state index in [1.54, 1.807) is 0 Å². The number of phosphoric acid groups is 2. The molecule has 5 N–H and O–H groups in total. The standard InChI is InChI=1S/ClH.7K.NO3.2H3O4P.2H2O4S/c;;;;;;;;2-1(3)4;4*1-5(2,3)4/h1H;;;;;;;;;2*(H3,1,2,3,4);2*(H2,1,2,3,4)/q;7*+1;-1;;;;/p-6. The summed E-state index contributed by atoms with van der Waals surface area (Å²) in [5.41, 5.74) is 0. The van der Waals surface area contributed by atoms with Gasteiger partial charge in [-0.05, 0) is 0 Å². The van der Waals surface area contributed by atoms with Crippen LogP contribution in [0.25, 0.3) is 0 Å². The van der Waals surface area contributed by atoms with E-state index in [1.807, 2.05) is 0 Å². The van der Waals surface area contributed by atoms with Gasteiger partial charge in [-0.15, -0.1) is 0 Å². The summed E-state index contributed by atoms with van der Waals surface area (Å²) in [6, 6.07) is 0. The molecular formula is H5ClK7NO19P2S2. The molecule has 0 aliphatic carbocycles. The number of nitrogens with zero attached hydrogens (tertiary/aromatic N) is 1. The van der Waals surface area contributed by atoms with E-state index >= 15 is 0 Å². The fourth-order valence-electron chi connectivity index (χ4n) is 0. The Balaban J connectivity index is -0.0000000121. The molecule has 0 heterocycles. The molecule has 0 saturated carbocycles. The van der Waals surface area contributed by atoms with E-state index in [0.29, 0.717) is 0 Å². The zero-order valence-electron chi connectivity index (χ0n) is 17.5. The molecule has 0 aliphatic rings. The minimum Gasteiger partial charge on any atom is -1.00 e. The van der Waals surface area contributed by atoms with Crippen LogP contribution in [0.4, 0.5) is 0 Å². The van der Waals surface area contributed by atoms with E-state index in [0.717, 1.165) is 0 Å². The third-order valence-corrected chi connectivity index (χ3v) is 0. The van der Waals surface area contributed by atoms with E-state index in [1.165, 1.54) is 0 Å². The van der Waals surface area contributed by atoms with Gasteiger partial charge in [-0.2, -0.15) is 24.7 Å². The van der Waals surface area contributed by atoms with Crippen molar-refractivity contribution >= 4 is 36.4 Å². The molecule has 0 aromatic rings. The first-order chi connectivity index (χ1) is 9.73. The number of hydrogen-bond donors (Lipinski definition) is 5. The third kappa shape index (κ3) is 548. The van der Waals surface area contributed by atoms with Gasteiger partial charge >= 0.3 is 380 Å². The Bertz CT molecular complexity index is 540. The van der Waals surface area contributed by atoms with Gasteiger partial charge < -0.3 is 66.2 Å². The van der Waals surface area contributed by atoms with Gasteiger partial charge in [0.05, 0.1) is 12.9 Å². The predicted octanol–water partition coefficient (Wildman–Crippen LogP) is -30.5. The van der Waals surface area contributed by atoms with Crippen LogP contribution in [0.5, 0.6) is 0 Å². The molecule has 0 unspecified atom stereocenters. The first-order valence-electron chi connectivity index (χ1n) is 3.42. The summed E-state index contributed by atoms with van der Waals surface area (Å²) >= 11 is 0. The first kappa shape index (κ1) is 84.2. The maximum atomic E-state index is 8.74. The van der Waals surface area contributed by atoms with Gasteiger partial charge in [0.15, 0.2) is 0 Å². The van der Waals surface area contributed by atoms with Gasteiger partial charge in [-0.25, -0.2) is 0 Å². The molecule has 0 aromatic heterocycles. The first-order valence-corrected chi connectivity index (χ1v) is 9.17. The molecule has 0 spiro atoms. The molecule has 0 saturated heterocycles. The Morgan fingerprint density at radius 3 is 0.594 bits per heavy atom. The Labute approximate surface area is 486 Å². The fraction of sp³-hybridized carbons (Fsp3) is 0. The molecule has 0 radical (unpaired) electrons. The molecule has 32 heavy (non-hydrogen) atoms. The predicted molar refractivity (Wildman–Crippen MR) is 56.1 cm³/mol. The Kier molecular flexibility index (Phi) is 128. The Morgan fingerprint density at radius 1 is 0.594 bits per heavy atom. The number of halogens is 1. The molecular weight excluding hydrogens is 753 g/mol. The second-order valence-corrected chi connectivity index (χ2v) is 5.66. The van der Waals surface area contributed by atoms with Crippen molar-refractivity contribution in [3.63, 3.8) is 0 Å². The van der Waals surface area contributed by atoms with Crippen LogP contribution < -0.4 is 397 Å². The SMILES string of the molecule is O=P([O-])([O-])O.O=P([O-])([O-])[O-].O=S(=O)(O)O.O=S(=O)(O)O.O=[N+]([O-])[O-].[Cl-].[K+].[K+].[K+].[K+].[K+].[K+].[K+]. The van der Waals surface area contributed by atoms with E-state index < -0.39 is 41.5 Å². The molecule has 20 nitrogen and oxygen atoms in total. The van der Waals surface area contributed by atoms with Crippen LogP contribution in [0, 0.1) is 15.3 Å². The zero-order valence-corrected chi connectivity index (χ0v) is 43.5. The smallest absolute Gasteiger partial charge is 1.00 e. The summed E-state index contributed by atoms with van der Waals surface area (Å²) in [6.45, 7) is 0. The van der Waals surface area contributed by atoms with Gasteiger partial charge in [0.1, 0.15) is 0 Å². The number of rotatable bonds is 0. The molecule has 0 aromatic carbocycles. The molecule has 0 rings (SSSR count). The van der Waals surface area contributed by atoms with E-state index in [4.69, 9.17) is 88.9 Å². The number of hydrogen-bond acceptors (Lipinski definition) is 14. The van der Waals surface area contributed by atoms with Gasteiger partial charge in [0, 0.05) is 0 Å². The van der Waals surface area contributed by atoms with Crippen LogP contribution in [0.3, 0.4) is 0 Å². The summed E-state index contributed by atoms with van der Waals surface area (Å²) in [5, 5.41) is 14.8. The monoisotopic (exact) mass is 757 g/mol. The van der Waals surface area contributed by atoms with Crippen molar-refractivity contribution in [2.75, 3.05) is 0 Å². The second kappa shape index (κ2) is 48.8.